The fourth-order valence-electron chi connectivity index (χ4n) is 1.43. The third kappa shape index (κ3) is 6.14. The molecule has 0 unspecified atom stereocenters. The summed E-state index contributed by atoms with van der Waals surface area (Å²) < 4.78 is 17.8. The molecular weight excluding hydrogens is 263 g/mol. The number of ether oxygens (including phenoxy) is 1. The van der Waals surface area contributed by atoms with E-state index in [2.05, 4.69) is 20.9 Å². The Balaban J connectivity index is 2.35. The van der Waals surface area contributed by atoms with Crippen molar-refractivity contribution in [1.82, 2.24) is 10.6 Å². The highest BCUT2D eigenvalue weighted by Crippen LogP contribution is 2.08. The molecule has 6 nitrogen and oxygen atoms in total. The van der Waals surface area contributed by atoms with Gasteiger partial charge in [0, 0.05) is 26.4 Å². The van der Waals surface area contributed by atoms with Crippen molar-refractivity contribution in [2.24, 2.45) is 4.99 Å². The highest BCUT2D eigenvalue weighted by atomic mass is 19.1. The Morgan fingerprint density at radius 2 is 2.20 bits per heavy atom. The predicted molar refractivity (Wildman–Crippen MR) is 76.3 cm³/mol. The van der Waals surface area contributed by atoms with E-state index in [0.717, 1.165) is 0 Å². The summed E-state index contributed by atoms with van der Waals surface area (Å²) in [6, 6.07) is 5.72. The number of benzene rings is 1. The lowest BCUT2D eigenvalue weighted by Crippen LogP contribution is -2.42. The van der Waals surface area contributed by atoms with Gasteiger partial charge in [-0.15, -0.1) is 0 Å². The first-order valence-electron chi connectivity index (χ1n) is 6.14. The van der Waals surface area contributed by atoms with Crippen molar-refractivity contribution >= 4 is 17.6 Å². The molecule has 7 heteroatoms. The minimum atomic E-state index is -0.396. The van der Waals surface area contributed by atoms with Gasteiger partial charge >= 0.3 is 0 Å². The van der Waals surface area contributed by atoms with E-state index < -0.39 is 5.82 Å². The van der Waals surface area contributed by atoms with Crippen LogP contribution in [0.5, 0.6) is 0 Å². The van der Waals surface area contributed by atoms with Crippen LogP contribution in [0, 0.1) is 5.82 Å². The maximum absolute atomic E-state index is 13.0. The fraction of sp³-hybridized carbons (Fsp3) is 0.385. The molecule has 0 spiro atoms. The highest BCUT2D eigenvalue weighted by Gasteiger charge is 2.04. The van der Waals surface area contributed by atoms with Gasteiger partial charge in [-0.05, 0) is 18.2 Å². The van der Waals surface area contributed by atoms with Crippen molar-refractivity contribution in [3.63, 3.8) is 0 Å². The second kappa shape index (κ2) is 8.87. The zero-order valence-corrected chi connectivity index (χ0v) is 11.6. The maximum Gasteiger partial charge on any atom is 0.243 e. The molecule has 20 heavy (non-hydrogen) atoms. The first-order valence-corrected chi connectivity index (χ1v) is 6.14. The second-order valence-electron chi connectivity index (χ2n) is 3.90. The van der Waals surface area contributed by atoms with E-state index in [1.807, 2.05) is 0 Å². The first-order chi connectivity index (χ1) is 9.65. The molecule has 0 aliphatic carbocycles. The Bertz CT molecular complexity index is 465. The van der Waals surface area contributed by atoms with Crippen LogP contribution in [-0.2, 0) is 9.53 Å². The largest absolute Gasteiger partial charge is 0.383 e. The molecule has 1 aromatic rings. The van der Waals surface area contributed by atoms with E-state index in [0.29, 0.717) is 24.8 Å². The zero-order chi connectivity index (χ0) is 14.8. The Hall–Kier alpha value is -2.15. The molecule has 0 bridgehead atoms. The van der Waals surface area contributed by atoms with Crippen molar-refractivity contribution in [1.29, 1.82) is 0 Å². The molecule has 0 radical (unpaired) electrons. The van der Waals surface area contributed by atoms with E-state index >= 15 is 0 Å². The quantitative estimate of drug-likeness (QED) is 0.405. The monoisotopic (exact) mass is 282 g/mol. The van der Waals surface area contributed by atoms with E-state index in [1.165, 1.54) is 18.2 Å². The van der Waals surface area contributed by atoms with Crippen LogP contribution in [0.2, 0.25) is 0 Å². The van der Waals surface area contributed by atoms with Gasteiger partial charge in [0.15, 0.2) is 5.96 Å². The van der Waals surface area contributed by atoms with Gasteiger partial charge in [0.2, 0.25) is 5.91 Å². The second-order valence-corrected chi connectivity index (χ2v) is 3.90. The van der Waals surface area contributed by atoms with Crippen LogP contribution in [-0.4, -0.2) is 45.7 Å². The standard InChI is InChI=1S/C13H19FN4O2/c1-15-13(16-6-7-20-2)17-9-12(19)18-11-5-3-4-10(14)8-11/h3-5,8H,6-7,9H2,1-2H3,(H,18,19)(H2,15,16,17). The fourth-order valence-corrected chi connectivity index (χ4v) is 1.43. The minimum Gasteiger partial charge on any atom is -0.383 e. The molecule has 1 amide bonds. The summed E-state index contributed by atoms with van der Waals surface area (Å²) in [6.45, 7) is 1.15. The number of rotatable bonds is 6. The lowest BCUT2D eigenvalue weighted by Gasteiger charge is -2.11. The zero-order valence-electron chi connectivity index (χ0n) is 11.6. The average Bonchev–Trinajstić information content (AvgIpc) is 2.42. The van der Waals surface area contributed by atoms with Crippen molar-refractivity contribution < 1.29 is 13.9 Å². The molecule has 1 rings (SSSR count). The third-order valence-corrected chi connectivity index (χ3v) is 2.35. The summed E-state index contributed by atoms with van der Waals surface area (Å²) in [6.07, 6.45) is 0. The molecule has 110 valence electrons. The molecule has 1 aromatic carbocycles. The lowest BCUT2D eigenvalue weighted by atomic mass is 10.3. The summed E-state index contributed by atoms with van der Waals surface area (Å²) >= 11 is 0. The molecule has 0 aliphatic heterocycles. The van der Waals surface area contributed by atoms with Crippen LogP contribution < -0.4 is 16.0 Å². The van der Waals surface area contributed by atoms with E-state index in [9.17, 15) is 9.18 Å². The molecular formula is C13H19FN4O2. The summed E-state index contributed by atoms with van der Waals surface area (Å²) in [5, 5.41) is 8.39. The molecule has 0 fully saturated rings. The molecule has 0 saturated carbocycles. The van der Waals surface area contributed by atoms with Crippen molar-refractivity contribution in [3.05, 3.63) is 30.1 Å². The minimum absolute atomic E-state index is 0.0309. The summed E-state index contributed by atoms with van der Waals surface area (Å²) in [7, 11) is 3.21. The van der Waals surface area contributed by atoms with Crippen LogP contribution in [0.4, 0.5) is 10.1 Å². The number of nitrogens with one attached hydrogen (secondary N) is 3. The summed E-state index contributed by atoms with van der Waals surface area (Å²) in [4.78, 5) is 15.6. The van der Waals surface area contributed by atoms with Crippen molar-refractivity contribution in [3.8, 4) is 0 Å². The number of hydrogen-bond acceptors (Lipinski definition) is 3. The third-order valence-electron chi connectivity index (χ3n) is 2.35. The van der Waals surface area contributed by atoms with Crippen LogP contribution >= 0.6 is 0 Å². The van der Waals surface area contributed by atoms with Gasteiger partial charge in [0.1, 0.15) is 5.82 Å². The van der Waals surface area contributed by atoms with Gasteiger partial charge in [0.25, 0.3) is 0 Å². The van der Waals surface area contributed by atoms with Crippen LogP contribution in [0.15, 0.2) is 29.3 Å². The average molecular weight is 282 g/mol. The number of amides is 1. The van der Waals surface area contributed by atoms with Gasteiger partial charge in [0.05, 0.1) is 13.2 Å². The number of halogens is 1. The Morgan fingerprint density at radius 3 is 2.85 bits per heavy atom. The smallest absolute Gasteiger partial charge is 0.243 e. The Morgan fingerprint density at radius 1 is 1.40 bits per heavy atom. The first kappa shape index (κ1) is 15.9. The van der Waals surface area contributed by atoms with Crippen LogP contribution in [0.25, 0.3) is 0 Å². The van der Waals surface area contributed by atoms with Crippen molar-refractivity contribution in [2.75, 3.05) is 39.2 Å². The molecule has 3 N–H and O–H groups in total. The number of aliphatic imine (C=N–C) groups is 1. The number of carbonyl (C=O) groups excluding carboxylic acids is 1. The molecule has 0 aliphatic rings. The van der Waals surface area contributed by atoms with Crippen molar-refractivity contribution in [2.45, 2.75) is 0 Å². The predicted octanol–water partition coefficient (Wildman–Crippen LogP) is 0.576. The number of methoxy groups -OCH3 is 1. The van der Waals surface area contributed by atoms with Crippen LogP contribution in [0.1, 0.15) is 0 Å². The Labute approximate surface area is 117 Å². The highest BCUT2D eigenvalue weighted by molar-refractivity contribution is 5.94. The molecule has 0 aromatic heterocycles. The SMILES string of the molecule is CN=C(NCCOC)NCC(=O)Nc1cccc(F)c1. The summed E-state index contributed by atoms with van der Waals surface area (Å²) in [5.74, 6) is -0.186. The maximum atomic E-state index is 13.0. The van der Waals surface area contributed by atoms with Gasteiger partial charge in [-0.3, -0.25) is 9.79 Å². The number of carbonyl (C=O) groups is 1. The van der Waals surface area contributed by atoms with E-state index in [4.69, 9.17) is 4.74 Å². The number of guanidine groups is 1. The van der Waals surface area contributed by atoms with E-state index in [-0.39, 0.29) is 12.5 Å². The molecule has 0 saturated heterocycles. The molecule has 0 heterocycles. The van der Waals surface area contributed by atoms with Gasteiger partial charge in [-0.1, -0.05) is 6.07 Å². The molecule has 0 atom stereocenters. The van der Waals surface area contributed by atoms with Gasteiger partial charge < -0.3 is 20.7 Å². The van der Waals surface area contributed by atoms with E-state index in [1.54, 1.807) is 20.2 Å². The lowest BCUT2D eigenvalue weighted by molar-refractivity contribution is -0.115. The normalized spacial score (nSPS) is 11.1. The number of nitrogens with zero attached hydrogens (tertiary/aromatic N) is 1. The van der Waals surface area contributed by atoms with Gasteiger partial charge in [-0.2, -0.15) is 0 Å². The van der Waals surface area contributed by atoms with Crippen LogP contribution in [0.3, 0.4) is 0 Å². The summed E-state index contributed by atoms with van der Waals surface area (Å²) in [5.41, 5.74) is 0.416. The number of hydrogen-bond donors (Lipinski definition) is 3. The van der Waals surface area contributed by atoms with Gasteiger partial charge in [-0.25, -0.2) is 4.39 Å². The Kier molecular flexibility index (Phi) is 7.05. The number of anilines is 1. The topological polar surface area (TPSA) is 74.8 Å².